The lowest BCUT2D eigenvalue weighted by Crippen LogP contribution is -2.26. The molecule has 3 heteroatoms. The van der Waals surface area contributed by atoms with E-state index in [1.54, 1.807) is 0 Å². The normalized spacial score (nSPS) is 10.8. The van der Waals surface area contributed by atoms with Gasteiger partial charge in [-0.25, -0.2) is 0 Å². The van der Waals surface area contributed by atoms with Gasteiger partial charge in [0.2, 0.25) is 0 Å². The third-order valence-corrected chi connectivity index (χ3v) is 3.84. The molecule has 1 aromatic heterocycles. The van der Waals surface area contributed by atoms with Crippen molar-refractivity contribution in [2.45, 2.75) is 13.8 Å². The molecule has 0 saturated heterocycles. The van der Waals surface area contributed by atoms with Crippen LogP contribution >= 0.6 is 0 Å². The Kier molecular flexibility index (Phi) is 3.26. The summed E-state index contributed by atoms with van der Waals surface area (Å²) in [5, 5.41) is 0.999. The van der Waals surface area contributed by atoms with Gasteiger partial charge in [-0.2, -0.15) is 0 Å². The minimum atomic E-state index is -0.139. The van der Waals surface area contributed by atoms with E-state index in [1.807, 2.05) is 49.4 Å². The van der Waals surface area contributed by atoms with Crippen LogP contribution in [0.15, 0.2) is 53.3 Å². The predicted octanol–water partition coefficient (Wildman–Crippen LogP) is 3.34. The van der Waals surface area contributed by atoms with Crippen LogP contribution in [-0.4, -0.2) is 11.8 Å². The first-order chi connectivity index (χ1) is 10.1. The topological polar surface area (TPSA) is 31.2 Å². The summed E-state index contributed by atoms with van der Waals surface area (Å²) in [6.45, 7) is 4.10. The molecular formula is C18H17NO2. The second kappa shape index (κ2) is 5.09. The van der Waals surface area contributed by atoms with Crippen LogP contribution < -0.4 is 10.4 Å². The number of hydrogen-bond acceptors (Lipinski definition) is 2. The molecule has 0 amide bonds. The molecule has 3 aromatic rings. The van der Waals surface area contributed by atoms with Crippen LogP contribution in [0, 0.1) is 13.8 Å². The van der Waals surface area contributed by atoms with Crippen molar-refractivity contribution >= 4 is 10.9 Å². The first-order valence-corrected chi connectivity index (χ1v) is 6.88. The molecular weight excluding hydrogens is 262 g/mol. The molecule has 0 saturated carbocycles. The van der Waals surface area contributed by atoms with Crippen molar-refractivity contribution < 1.29 is 4.84 Å². The summed E-state index contributed by atoms with van der Waals surface area (Å²) in [5.41, 5.74) is 4.54. The quantitative estimate of drug-likeness (QED) is 0.720. The number of fused-ring (bicyclic) bond motifs is 1. The van der Waals surface area contributed by atoms with Crippen molar-refractivity contribution in [2.75, 3.05) is 7.11 Å². The molecule has 0 spiro atoms. The van der Waals surface area contributed by atoms with E-state index < -0.39 is 0 Å². The van der Waals surface area contributed by atoms with Crippen molar-refractivity contribution in [2.24, 2.45) is 0 Å². The van der Waals surface area contributed by atoms with Crippen molar-refractivity contribution in [1.82, 2.24) is 4.73 Å². The monoisotopic (exact) mass is 279 g/mol. The molecule has 0 aliphatic rings. The van der Waals surface area contributed by atoms with E-state index in [4.69, 9.17) is 4.84 Å². The van der Waals surface area contributed by atoms with Crippen molar-refractivity contribution in [1.29, 1.82) is 0 Å². The summed E-state index contributed by atoms with van der Waals surface area (Å²) in [6.07, 6.45) is 0. The Bertz CT molecular complexity index is 864. The molecule has 0 aliphatic heterocycles. The summed E-state index contributed by atoms with van der Waals surface area (Å²) in [7, 11) is 1.52. The zero-order chi connectivity index (χ0) is 15.0. The second-order valence-electron chi connectivity index (χ2n) is 5.20. The molecule has 0 fully saturated rings. The van der Waals surface area contributed by atoms with Gasteiger partial charge >= 0.3 is 0 Å². The van der Waals surface area contributed by atoms with E-state index in [1.165, 1.54) is 17.4 Å². The highest BCUT2D eigenvalue weighted by atomic mass is 16.6. The standard InChI is InChI=1S/C18H17NO2/c1-12-9-15-11-16(14-7-5-4-6-8-14)18(20)19(21-3)17(15)10-13(12)2/h4-11H,1-3H3. The third-order valence-electron chi connectivity index (χ3n) is 3.84. The lowest BCUT2D eigenvalue weighted by molar-refractivity contribution is 0.169. The smallest absolute Gasteiger partial charge is 0.291 e. The largest absolute Gasteiger partial charge is 0.413 e. The lowest BCUT2D eigenvalue weighted by Gasteiger charge is -2.13. The number of nitrogens with zero attached hydrogens (tertiary/aromatic N) is 1. The van der Waals surface area contributed by atoms with Gasteiger partial charge in [-0.3, -0.25) is 4.79 Å². The molecule has 0 unspecified atom stereocenters. The van der Waals surface area contributed by atoms with E-state index in [9.17, 15) is 4.79 Å². The Morgan fingerprint density at radius 3 is 2.29 bits per heavy atom. The van der Waals surface area contributed by atoms with Gasteiger partial charge in [-0.15, -0.1) is 4.73 Å². The summed E-state index contributed by atoms with van der Waals surface area (Å²) in [5.74, 6) is 0. The molecule has 21 heavy (non-hydrogen) atoms. The number of aromatic nitrogens is 1. The molecule has 0 bridgehead atoms. The van der Waals surface area contributed by atoms with Crippen LogP contribution in [0.3, 0.4) is 0 Å². The number of aryl methyl sites for hydroxylation is 2. The van der Waals surface area contributed by atoms with E-state index >= 15 is 0 Å². The highest BCUT2D eigenvalue weighted by Gasteiger charge is 2.12. The molecule has 0 N–H and O–H groups in total. The average molecular weight is 279 g/mol. The van der Waals surface area contributed by atoms with Crippen molar-refractivity contribution in [3.8, 4) is 11.1 Å². The van der Waals surface area contributed by atoms with Crippen molar-refractivity contribution in [3.63, 3.8) is 0 Å². The molecule has 106 valence electrons. The fourth-order valence-corrected chi connectivity index (χ4v) is 2.56. The maximum Gasteiger partial charge on any atom is 0.291 e. The first kappa shape index (κ1) is 13.4. The number of pyridine rings is 1. The Morgan fingerprint density at radius 2 is 1.62 bits per heavy atom. The summed E-state index contributed by atoms with van der Waals surface area (Å²) >= 11 is 0. The Labute approximate surface area is 123 Å². The maximum atomic E-state index is 12.6. The number of rotatable bonds is 2. The summed E-state index contributed by atoms with van der Waals surface area (Å²) < 4.78 is 1.37. The van der Waals surface area contributed by atoms with Gasteiger partial charge in [-0.05, 0) is 48.7 Å². The van der Waals surface area contributed by atoms with E-state index in [2.05, 4.69) is 13.0 Å². The van der Waals surface area contributed by atoms with E-state index in [0.29, 0.717) is 5.56 Å². The van der Waals surface area contributed by atoms with Gasteiger partial charge in [0.1, 0.15) is 7.11 Å². The Hall–Kier alpha value is -2.55. The minimum absolute atomic E-state index is 0.139. The van der Waals surface area contributed by atoms with Crippen LogP contribution in [0.25, 0.3) is 22.0 Å². The third kappa shape index (κ3) is 2.21. The Morgan fingerprint density at radius 1 is 0.952 bits per heavy atom. The first-order valence-electron chi connectivity index (χ1n) is 6.88. The van der Waals surface area contributed by atoms with Crippen LogP contribution in [-0.2, 0) is 0 Å². The molecule has 0 atom stereocenters. The van der Waals surface area contributed by atoms with E-state index in [-0.39, 0.29) is 5.56 Å². The maximum absolute atomic E-state index is 12.6. The molecule has 2 aromatic carbocycles. The van der Waals surface area contributed by atoms with Crippen LogP contribution in [0.2, 0.25) is 0 Å². The predicted molar refractivity (Wildman–Crippen MR) is 85.6 cm³/mol. The lowest BCUT2D eigenvalue weighted by atomic mass is 10.0. The molecule has 1 heterocycles. The van der Waals surface area contributed by atoms with Crippen molar-refractivity contribution in [3.05, 3.63) is 70.0 Å². The molecule has 0 aliphatic carbocycles. The fourth-order valence-electron chi connectivity index (χ4n) is 2.56. The average Bonchev–Trinajstić information content (AvgIpc) is 2.50. The highest BCUT2D eigenvalue weighted by Crippen LogP contribution is 2.23. The van der Waals surface area contributed by atoms with Gasteiger partial charge in [0.25, 0.3) is 5.56 Å². The summed E-state index contributed by atoms with van der Waals surface area (Å²) in [4.78, 5) is 18.0. The molecule has 0 radical (unpaired) electrons. The van der Waals surface area contributed by atoms with Crippen LogP contribution in [0.5, 0.6) is 0 Å². The van der Waals surface area contributed by atoms with Gasteiger partial charge in [0.15, 0.2) is 0 Å². The van der Waals surface area contributed by atoms with Gasteiger partial charge in [-0.1, -0.05) is 30.3 Å². The van der Waals surface area contributed by atoms with Crippen LogP contribution in [0.4, 0.5) is 0 Å². The van der Waals surface area contributed by atoms with Gasteiger partial charge in [0.05, 0.1) is 11.1 Å². The van der Waals surface area contributed by atoms with E-state index in [0.717, 1.165) is 22.0 Å². The zero-order valence-corrected chi connectivity index (χ0v) is 12.4. The second-order valence-corrected chi connectivity index (χ2v) is 5.20. The number of hydrogen-bond donors (Lipinski definition) is 0. The number of benzene rings is 2. The molecule has 3 nitrogen and oxygen atoms in total. The zero-order valence-electron chi connectivity index (χ0n) is 12.4. The summed E-state index contributed by atoms with van der Waals surface area (Å²) in [6, 6.07) is 15.7. The van der Waals surface area contributed by atoms with Crippen LogP contribution in [0.1, 0.15) is 11.1 Å². The van der Waals surface area contributed by atoms with Gasteiger partial charge < -0.3 is 4.84 Å². The minimum Gasteiger partial charge on any atom is -0.413 e. The fraction of sp³-hybridized carbons (Fsp3) is 0.167. The highest BCUT2D eigenvalue weighted by molar-refractivity contribution is 5.85. The SMILES string of the molecule is COn1c(=O)c(-c2ccccc2)cc2cc(C)c(C)cc21. The molecule has 3 rings (SSSR count). The Balaban J connectivity index is 2.41. The van der Waals surface area contributed by atoms with Gasteiger partial charge in [0, 0.05) is 5.39 Å².